The van der Waals surface area contributed by atoms with Gasteiger partial charge in [-0.15, -0.1) is 0 Å². The molecule has 0 aromatic heterocycles. The first-order valence-electron chi connectivity index (χ1n) is 6.66. The number of rotatable bonds is 3. The maximum atomic E-state index is 6.44. The van der Waals surface area contributed by atoms with E-state index < -0.39 is 0 Å². The molecule has 2 nitrogen and oxygen atoms in total. The molecule has 4 unspecified atom stereocenters. The highest BCUT2D eigenvalue weighted by Crippen LogP contribution is 2.37. The third-order valence-electron chi connectivity index (χ3n) is 4.50. The smallest absolute Gasteiger partial charge is 0.0510 e. The van der Waals surface area contributed by atoms with E-state index >= 15 is 0 Å². The van der Waals surface area contributed by atoms with Crippen molar-refractivity contribution >= 4 is 0 Å². The van der Waals surface area contributed by atoms with Crippen molar-refractivity contribution in [2.24, 2.45) is 23.5 Å². The van der Waals surface area contributed by atoms with E-state index in [9.17, 15) is 0 Å². The fourth-order valence-electron chi connectivity index (χ4n) is 3.46. The third-order valence-corrected chi connectivity index (χ3v) is 4.50. The summed E-state index contributed by atoms with van der Waals surface area (Å²) in [5, 5.41) is 0. The van der Waals surface area contributed by atoms with Crippen molar-refractivity contribution in [1.29, 1.82) is 0 Å². The second kappa shape index (κ2) is 5.31. The Morgan fingerprint density at radius 1 is 1.27 bits per heavy atom. The first kappa shape index (κ1) is 11.4. The van der Waals surface area contributed by atoms with Gasteiger partial charge < -0.3 is 10.5 Å². The second-order valence-electron chi connectivity index (χ2n) is 5.32. The fraction of sp³-hybridized carbons (Fsp3) is 1.00. The van der Waals surface area contributed by atoms with Crippen LogP contribution in [-0.4, -0.2) is 19.3 Å². The minimum atomic E-state index is 0.401. The average molecular weight is 211 g/mol. The number of nitrogens with two attached hydrogens (primary N) is 1. The van der Waals surface area contributed by atoms with Crippen LogP contribution in [0.1, 0.15) is 45.4 Å². The van der Waals surface area contributed by atoms with E-state index in [0.29, 0.717) is 12.0 Å². The Kier molecular flexibility index (Phi) is 4.04. The molecule has 1 saturated heterocycles. The van der Waals surface area contributed by atoms with Gasteiger partial charge in [-0.1, -0.05) is 32.6 Å². The number of hydrogen-bond acceptors (Lipinski definition) is 2. The van der Waals surface area contributed by atoms with Crippen molar-refractivity contribution in [2.75, 3.05) is 13.2 Å². The van der Waals surface area contributed by atoms with Crippen molar-refractivity contribution in [3.8, 4) is 0 Å². The molecule has 2 N–H and O–H groups in total. The Bertz CT molecular complexity index is 189. The van der Waals surface area contributed by atoms with Crippen molar-refractivity contribution in [3.05, 3.63) is 0 Å². The van der Waals surface area contributed by atoms with Crippen LogP contribution in [0.4, 0.5) is 0 Å². The van der Waals surface area contributed by atoms with E-state index in [4.69, 9.17) is 10.5 Å². The molecule has 2 fully saturated rings. The molecule has 0 amide bonds. The fourth-order valence-corrected chi connectivity index (χ4v) is 3.46. The van der Waals surface area contributed by atoms with Gasteiger partial charge in [0.2, 0.25) is 0 Å². The van der Waals surface area contributed by atoms with Gasteiger partial charge in [-0.25, -0.2) is 0 Å². The summed E-state index contributed by atoms with van der Waals surface area (Å²) >= 11 is 0. The van der Waals surface area contributed by atoms with Crippen LogP contribution in [0.3, 0.4) is 0 Å². The highest BCUT2D eigenvalue weighted by Gasteiger charge is 2.34. The van der Waals surface area contributed by atoms with Crippen LogP contribution in [0.15, 0.2) is 0 Å². The van der Waals surface area contributed by atoms with Gasteiger partial charge in [0.1, 0.15) is 0 Å². The maximum absolute atomic E-state index is 6.44. The Morgan fingerprint density at radius 2 is 2.07 bits per heavy atom. The van der Waals surface area contributed by atoms with Crippen LogP contribution in [0, 0.1) is 17.8 Å². The molecule has 1 saturated carbocycles. The molecule has 4 atom stereocenters. The Balaban J connectivity index is 1.93. The number of ether oxygens (including phenoxy) is 1. The summed E-state index contributed by atoms with van der Waals surface area (Å²) in [4.78, 5) is 0. The lowest BCUT2D eigenvalue weighted by molar-refractivity contribution is 0.138. The van der Waals surface area contributed by atoms with Gasteiger partial charge in [0.15, 0.2) is 0 Å². The third kappa shape index (κ3) is 2.54. The summed E-state index contributed by atoms with van der Waals surface area (Å²) in [7, 11) is 0. The second-order valence-corrected chi connectivity index (χ2v) is 5.32. The van der Waals surface area contributed by atoms with Crippen LogP contribution in [0.25, 0.3) is 0 Å². The highest BCUT2D eigenvalue weighted by atomic mass is 16.5. The summed E-state index contributed by atoms with van der Waals surface area (Å²) in [6.07, 6.45) is 8.07. The van der Waals surface area contributed by atoms with Crippen LogP contribution >= 0.6 is 0 Å². The maximum Gasteiger partial charge on any atom is 0.0510 e. The lowest BCUT2D eigenvalue weighted by Gasteiger charge is -2.37. The molecule has 0 aromatic carbocycles. The van der Waals surface area contributed by atoms with E-state index in [2.05, 4.69) is 6.92 Å². The number of hydrogen-bond donors (Lipinski definition) is 1. The molecule has 0 bridgehead atoms. The lowest BCUT2D eigenvalue weighted by atomic mass is 9.71. The van der Waals surface area contributed by atoms with Crippen LogP contribution < -0.4 is 5.73 Å². The van der Waals surface area contributed by atoms with Gasteiger partial charge in [-0.3, -0.25) is 0 Å². The van der Waals surface area contributed by atoms with Crippen molar-refractivity contribution in [3.63, 3.8) is 0 Å². The summed E-state index contributed by atoms with van der Waals surface area (Å²) in [6, 6.07) is 0.401. The molecule has 0 spiro atoms. The first-order valence-corrected chi connectivity index (χ1v) is 6.66. The predicted molar refractivity (Wildman–Crippen MR) is 62.6 cm³/mol. The van der Waals surface area contributed by atoms with E-state index in [-0.39, 0.29) is 0 Å². The molecule has 1 aliphatic carbocycles. The molecule has 15 heavy (non-hydrogen) atoms. The van der Waals surface area contributed by atoms with Gasteiger partial charge >= 0.3 is 0 Å². The Labute approximate surface area is 93.6 Å². The van der Waals surface area contributed by atoms with Crippen molar-refractivity contribution < 1.29 is 4.74 Å². The summed E-state index contributed by atoms with van der Waals surface area (Å²) in [5.74, 6) is 2.30. The largest absolute Gasteiger partial charge is 0.381 e. The highest BCUT2D eigenvalue weighted by molar-refractivity contribution is 4.88. The molecule has 2 aliphatic rings. The molecule has 0 radical (unpaired) electrons. The molecule has 1 aliphatic heterocycles. The monoisotopic (exact) mass is 211 g/mol. The standard InChI is InChI=1S/C13H25NO/c1-2-10-5-3-4-6-12(10)13(14)11-7-8-15-9-11/h10-13H,2-9,14H2,1H3. The van der Waals surface area contributed by atoms with Gasteiger partial charge in [-0.2, -0.15) is 0 Å². The zero-order valence-electron chi connectivity index (χ0n) is 9.95. The zero-order valence-corrected chi connectivity index (χ0v) is 9.95. The van der Waals surface area contributed by atoms with Crippen molar-refractivity contribution in [1.82, 2.24) is 0 Å². The predicted octanol–water partition coefficient (Wildman–Crippen LogP) is 2.57. The van der Waals surface area contributed by atoms with E-state index in [0.717, 1.165) is 25.0 Å². The Hall–Kier alpha value is -0.0800. The zero-order chi connectivity index (χ0) is 10.7. The van der Waals surface area contributed by atoms with Crippen LogP contribution in [0.5, 0.6) is 0 Å². The van der Waals surface area contributed by atoms with E-state index in [1.54, 1.807) is 0 Å². The van der Waals surface area contributed by atoms with E-state index in [1.807, 2.05) is 0 Å². The molecule has 2 heteroatoms. The quantitative estimate of drug-likeness (QED) is 0.778. The summed E-state index contributed by atoms with van der Waals surface area (Å²) in [6.45, 7) is 4.16. The van der Waals surface area contributed by atoms with Gasteiger partial charge in [0.25, 0.3) is 0 Å². The molecule has 2 rings (SSSR count). The molecule has 0 aromatic rings. The first-order chi connectivity index (χ1) is 7.33. The lowest BCUT2D eigenvalue weighted by Crippen LogP contribution is -2.42. The van der Waals surface area contributed by atoms with Gasteiger partial charge in [0, 0.05) is 12.6 Å². The summed E-state index contributed by atoms with van der Waals surface area (Å²) < 4.78 is 5.46. The van der Waals surface area contributed by atoms with Crippen LogP contribution in [0.2, 0.25) is 0 Å². The summed E-state index contributed by atoms with van der Waals surface area (Å²) in [5.41, 5.74) is 6.44. The topological polar surface area (TPSA) is 35.2 Å². The van der Waals surface area contributed by atoms with Crippen LogP contribution in [-0.2, 0) is 4.74 Å². The molecular weight excluding hydrogens is 186 g/mol. The normalized spacial score (nSPS) is 39.2. The Morgan fingerprint density at radius 3 is 2.73 bits per heavy atom. The average Bonchev–Trinajstić information content (AvgIpc) is 2.81. The molecule has 1 heterocycles. The van der Waals surface area contributed by atoms with Gasteiger partial charge in [-0.05, 0) is 30.6 Å². The minimum absolute atomic E-state index is 0.401. The molecule has 88 valence electrons. The minimum Gasteiger partial charge on any atom is -0.381 e. The van der Waals surface area contributed by atoms with Crippen molar-refractivity contribution in [2.45, 2.75) is 51.5 Å². The molecular formula is C13H25NO. The van der Waals surface area contributed by atoms with E-state index in [1.165, 1.54) is 38.5 Å². The SMILES string of the molecule is CCC1CCCCC1C(N)C1CCOC1. The van der Waals surface area contributed by atoms with Gasteiger partial charge in [0.05, 0.1) is 6.61 Å².